The van der Waals surface area contributed by atoms with Gasteiger partial charge in [-0.15, -0.1) is 0 Å². The van der Waals surface area contributed by atoms with E-state index < -0.39 is 0 Å². The fourth-order valence-corrected chi connectivity index (χ4v) is 3.39. The van der Waals surface area contributed by atoms with E-state index in [2.05, 4.69) is 84.7 Å². The summed E-state index contributed by atoms with van der Waals surface area (Å²) in [6, 6.07) is 21.6. The zero-order chi connectivity index (χ0) is 18.6. The van der Waals surface area contributed by atoms with Gasteiger partial charge in [0.15, 0.2) is 5.11 Å². The second-order valence-electron chi connectivity index (χ2n) is 6.88. The monoisotopic (exact) mass is 368 g/mol. The number of thiocarbonyl (C=S) groups is 1. The first-order valence-electron chi connectivity index (χ1n) is 9.86. The van der Waals surface area contributed by atoms with Gasteiger partial charge in [0.1, 0.15) is 0 Å². The number of unbranched alkanes of at least 4 members (excludes halogenated alkanes) is 2. The van der Waals surface area contributed by atoms with E-state index in [0.29, 0.717) is 6.04 Å². The van der Waals surface area contributed by atoms with Crippen LogP contribution in [-0.2, 0) is 13.1 Å². The summed E-state index contributed by atoms with van der Waals surface area (Å²) in [6.45, 7) is 6.14. The van der Waals surface area contributed by atoms with Gasteiger partial charge in [-0.25, -0.2) is 0 Å². The third-order valence-corrected chi connectivity index (χ3v) is 5.07. The van der Waals surface area contributed by atoms with Crippen LogP contribution < -0.4 is 5.32 Å². The molecule has 0 heterocycles. The number of hydrogen-bond acceptors (Lipinski definition) is 1. The second-order valence-corrected chi connectivity index (χ2v) is 7.26. The summed E-state index contributed by atoms with van der Waals surface area (Å²) in [7, 11) is 0. The maximum absolute atomic E-state index is 5.81. The molecule has 2 aromatic rings. The fourth-order valence-electron chi connectivity index (χ4n) is 3.09. The summed E-state index contributed by atoms with van der Waals surface area (Å²) >= 11 is 5.81. The van der Waals surface area contributed by atoms with E-state index in [9.17, 15) is 0 Å². The Labute approximate surface area is 164 Å². The summed E-state index contributed by atoms with van der Waals surface area (Å²) in [5.41, 5.74) is 2.57. The van der Waals surface area contributed by atoms with Crippen molar-refractivity contribution >= 4 is 17.3 Å². The van der Waals surface area contributed by atoms with Crippen molar-refractivity contribution in [1.82, 2.24) is 10.2 Å². The fraction of sp³-hybridized carbons (Fsp3) is 0.435. The largest absolute Gasteiger partial charge is 0.360 e. The van der Waals surface area contributed by atoms with Crippen LogP contribution in [0.2, 0.25) is 0 Å². The SMILES string of the molecule is CCCCCC(CC)NC(=S)N(Cc1ccccc1)Cc1ccccc1. The molecule has 140 valence electrons. The van der Waals surface area contributed by atoms with Gasteiger partial charge in [-0.2, -0.15) is 0 Å². The molecule has 0 saturated carbocycles. The molecule has 0 spiro atoms. The molecule has 2 rings (SSSR count). The zero-order valence-corrected chi connectivity index (χ0v) is 17.0. The van der Waals surface area contributed by atoms with Crippen LogP contribution in [-0.4, -0.2) is 16.1 Å². The summed E-state index contributed by atoms with van der Waals surface area (Å²) in [4.78, 5) is 2.28. The first-order chi connectivity index (χ1) is 12.7. The van der Waals surface area contributed by atoms with Crippen molar-refractivity contribution in [2.75, 3.05) is 0 Å². The normalized spacial score (nSPS) is 11.8. The van der Waals surface area contributed by atoms with Crippen LogP contribution in [0.15, 0.2) is 60.7 Å². The van der Waals surface area contributed by atoms with E-state index in [4.69, 9.17) is 12.2 Å². The van der Waals surface area contributed by atoms with Gasteiger partial charge in [0, 0.05) is 19.1 Å². The smallest absolute Gasteiger partial charge is 0.169 e. The van der Waals surface area contributed by atoms with Crippen molar-refractivity contribution in [3.63, 3.8) is 0 Å². The van der Waals surface area contributed by atoms with Gasteiger partial charge in [-0.3, -0.25) is 0 Å². The lowest BCUT2D eigenvalue weighted by Gasteiger charge is -2.29. The second kappa shape index (κ2) is 11.7. The van der Waals surface area contributed by atoms with E-state index >= 15 is 0 Å². The predicted octanol–water partition coefficient (Wildman–Crippen LogP) is 5.92. The number of hydrogen-bond donors (Lipinski definition) is 1. The summed E-state index contributed by atoms with van der Waals surface area (Å²) in [5.74, 6) is 0. The Hall–Kier alpha value is -1.87. The molecule has 0 fully saturated rings. The van der Waals surface area contributed by atoms with Gasteiger partial charge < -0.3 is 10.2 Å². The standard InChI is InChI=1S/C23H32N2S/c1-3-5-8-17-22(4-2)24-23(26)25(18-20-13-9-6-10-14-20)19-21-15-11-7-12-16-21/h6-7,9-16,22H,3-5,8,17-19H2,1-2H3,(H,24,26). The van der Waals surface area contributed by atoms with Crippen LogP contribution >= 0.6 is 12.2 Å². The topological polar surface area (TPSA) is 15.3 Å². The molecule has 3 heteroatoms. The Morgan fingerprint density at radius 3 is 1.88 bits per heavy atom. The molecule has 1 unspecified atom stereocenters. The average molecular weight is 369 g/mol. The lowest BCUT2D eigenvalue weighted by molar-refractivity contribution is 0.383. The average Bonchev–Trinajstić information content (AvgIpc) is 2.68. The van der Waals surface area contributed by atoms with E-state index in [0.717, 1.165) is 24.6 Å². The Balaban J connectivity index is 2.04. The van der Waals surface area contributed by atoms with Gasteiger partial charge in [0.2, 0.25) is 0 Å². The van der Waals surface area contributed by atoms with Gasteiger partial charge in [0.25, 0.3) is 0 Å². The minimum Gasteiger partial charge on any atom is -0.360 e. The Morgan fingerprint density at radius 1 is 0.885 bits per heavy atom. The molecule has 0 aliphatic carbocycles. The molecule has 2 nitrogen and oxygen atoms in total. The van der Waals surface area contributed by atoms with Crippen molar-refractivity contribution in [2.24, 2.45) is 0 Å². The molecule has 2 aromatic carbocycles. The molecule has 0 saturated heterocycles. The molecular weight excluding hydrogens is 336 g/mol. The maximum Gasteiger partial charge on any atom is 0.169 e. The first-order valence-corrected chi connectivity index (χ1v) is 10.3. The summed E-state index contributed by atoms with van der Waals surface area (Å²) in [5, 5.41) is 4.49. The van der Waals surface area contributed by atoms with Crippen LogP contribution in [0.1, 0.15) is 57.1 Å². The highest BCUT2D eigenvalue weighted by atomic mass is 32.1. The first kappa shape index (κ1) is 20.4. The number of rotatable bonds is 10. The van der Waals surface area contributed by atoms with Crippen LogP contribution in [0.4, 0.5) is 0 Å². The van der Waals surface area contributed by atoms with Gasteiger partial charge in [-0.1, -0.05) is 93.8 Å². The van der Waals surface area contributed by atoms with Crippen molar-refractivity contribution in [3.05, 3.63) is 71.8 Å². The van der Waals surface area contributed by atoms with E-state index in [1.807, 2.05) is 0 Å². The van der Waals surface area contributed by atoms with E-state index in [1.165, 1.54) is 36.8 Å². The molecule has 1 atom stereocenters. The van der Waals surface area contributed by atoms with Crippen LogP contribution in [0.25, 0.3) is 0 Å². The minimum atomic E-state index is 0.461. The van der Waals surface area contributed by atoms with Gasteiger partial charge in [0.05, 0.1) is 0 Å². The highest BCUT2D eigenvalue weighted by Crippen LogP contribution is 2.12. The summed E-state index contributed by atoms with van der Waals surface area (Å²) < 4.78 is 0. The van der Waals surface area contributed by atoms with Crippen LogP contribution in [0.5, 0.6) is 0 Å². The molecule has 0 radical (unpaired) electrons. The minimum absolute atomic E-state index is 0.461. The number of nitrogens with zero attached hydrogens (tertiary/aromatic N) is 1. The highest BCUT2D eigenvalue weighted by Gasteiger charge is 2.15. The van der Waals surface area contributed by atoms with Crippen LogP contribution in [0, 0.1) is 0 Å². The molecular formula is C23H32N2S. The van der Waals surface area contributed by atoms with Gasteiger partial charge >= 0.3 is 0 Å². The van der Waals surface area contributed by atoms with Crippen LogP contribution in [0.3, 0.4) is 0 Å². The maximum atomic E-state index is 5.81. The molecule has 26 heavy (non-hydrogen) atoms. The molecule has 0 aliphatic rings. The van der Waals surface area contributed by atoms with E-state index in [-0.39, 0.29) is 0 Å². The highest BCUT2D eigenvalue weighted by molar-refractivity contribution is 7.80. The number of benzene rings is 2. The molecule has 1 N–H and O–H groups in total. The lowest BCUT2D eigenvalue weighted by Crippen LogP contribution is -2.43. The van der Waals surface area contributed by atoms with Crippen molar-refractivity contribution < 1.29 is 0 Å². The third kappa shape index (κ3) is 7.17. The van der Waals surface area contributed by atoms with Crippen molar-refractivity contribution in [2.45, 2.75) is 65.1 Å². The molecule has 0 aliphatic heterocycles. The molecule has 0 amide bonds. The Bertz CT molecular complexity index is 586. The van der Waals surface area contributed by atoms with Crippen molar-refractivity contribution in [1.29, 1.82) is 0 Å². The van der Waals surface area contributed by atoms with E-state index in [1.54, 1.807) is 0 Å². The molecule has 0 aromatic heterocycles. The predicted molar refractivity (Wildman–Crippen MR) is 116 cm³/mol. The third-order valence-electron chi connectivity index (χ3n) is 4.70. The molecule has 0 bridgehead atoms. The Morgan fingerprint density at radius 2 is 1.42 bits per heavy atom. The Kier molecular flexibility index (Phi) is 9.19. The summed E-state index contributed by atoms with van der Waals surface area (Å²) in [6.07, 6.45) is 6.11. The zero-order valence-electron chi connectivity index (χ0n) is 16.2. The quantitative estimate of drug-likeness (QED) is 0.414. The number of nitrogens with one attached hydrogen (secondary N) is 1. The van der Waals surface area contributed by atoms with Gasteiger partial charge in [-0.05, 0) is 36.2 Å². The van der Waals surface area contributed by atoms with Crippen molar-refractivity contribution in [3.8, 4) is 0 Å². The lowest BCUT2D eigenvalue weighted by atomic mass is 10.1.